The Morgan fingerprint density at radius 1 is 1.17 bits per heavy atom. The molecule has 7 nitrogen and oxygen atoms in total. The second-order valence-electron chi connectivity index (χ2n) is 6.84. The van der Waals surface area contributed by atoms with Crippen LogP contribution < -0.4 is 25.4 Å². The van der Waals surface area contributed by atoms with Gasteiger partial charge in [-0.15, -0.1) is 24.0 Å². The predicted molar refractivity (Wildman–Crippen MR) is 129 cm³/mol. The minimum Gasteiger partial charge on any atom is -0.493 e. The summed E-state index contributed by atoms with van der Waals surface area (Å²) in [6, 6.07) is 5.98. The summed E-state index contributed by atoms with van der Waals surface area (Å²) >= 11 is 0. The minimum absolute atomic E-state index is 0. The number of nitrogens with zero attached hydrogens (tertiary/aromatic N) is 1. The number of rotatable bonds is 9. The van der Waals surface area contributed by atoms with Crippen LogP contribution in [0.5, 0.6) is 11.5 Å². The molecule has 2 rings (SSSR count). The number of carbonyl (C=O) groups excluding carboxylic acids is 1. The number of hydrogen-bond acceptors (Lipinski definition) is 4. The molecule has 8 heteroatoms. The van der Waals surface area contributed by atoms with Crippen molar-refractivity contribution in [1.82, 2.24) is 10.6 Å². The van der Waals surface area contributed by atoms with E-state index in [2.05, 4.69) is 20.9 Å². The molecule has 0 saturated heterocycles. The third kappa shape index (κ3) is 9.10. The molecule has 0 unspecified atom stereocenters. The fraction of sp³-hybridized carbons (Fsp3) is 0.619. The van der Waals surface area contributed by atoms with Gasteiger partial charge in [0.2, 0.25) is 5.91 Å². The van der Waals surface area contributed by atoms with Gasteiger partial charge in [0.15, 0.2) is 17.5 Å². The zero-order chi connectivity index (χ0) is 20.2. The Labute approximate surface area is 191 Å². The summed E-state index contributed by atoms with van der Waals surface area (Å²) in [5.41, 5.74) is 0.843. The van der Waals surface area contributed by atoms with Gasteiger partial charge >= 0.3 is 0 Å². The molecule has 0 radical (unpaired) electrons. The van der Waals surface area contributed by atoms with Crippen molar-refractivity contribution in [3.05, 3.63) is 18.2 Å². The molecule has 29 heavy (non-hydrogen) atoms. The molecule has 1 aromatic rings. The van der Waals surface area contributed by atoms with Gasteiger partial charge in [0.1, 0.15) is 0 Å². The van der Waals surface area contributed by atoms with Crippen LogP contribution >= 0.6 is 24.0 Å². The Bertz CT molecular complexity index is 649. The molecule has 1 amide bonds. The summed E-state index contributed by atoms with van der Waals surface area (Å²) in [6.45, 7) is 5.66. The van der Waals surface area contributed by atoms with Crippen LogP contribution in [-0.2, 0) is 4.79 Å². The zero-order valence-corrected chi connectivity index (χ0v) is 20.1. The molecule has 1 aliphatic rings. The second kappa shape index (κ2) is 14.3. The number of methoxy groups -OCH3 is 1. The van der Waals surface area contributed by atoms with Crippen LogP contribution in [0.4, 0.5) is 5.69 Å². The highest BCUT2D eigenvalue weighted by molar-refractivity contribution is 14.0. The lowest BCUT2D eigenvalue weighted by molar-refractivity contribution is -0.121. The van der Waals surface area contributed by atoms with E-state index >= 15 is 0 Å². The van der Waals surface area contributed by atoms with E-state index in [4.69, 9.17) is 9.47 Å². The summed E-state index contributed by atoms with van der Waals surface area (Å²) in [7, 11) is 1.62. The molecule has 0 atom stereocenters. The van der Waals surface area contributed by atoms with E-state index < -0.39 is 0 Å². The van der Waals surface area contributed by atoms with Crippen LogP contribution in [0.15, 0.2) is 23.2 Å². The lowest BCUT2D eigenvalue weighted by Gasteiger charge is -2.22. The number of nitrogens with one attached hydrogen (secondary N) is 3. The van der Waals surface area contributed by atoms with Gasteiger partial charge in [0, 0.05) is 30.8 Å². The third-order valence-corrected chi connectivity index (χ3v) is 4.65. The van der Waals surface area contributed by atoms with Crippen molar-refractivity contribution < 1.29 is 14.3 Å². The Balaban J connectivity index is 0.00000420. The number of halogens is 1. The van der Waals surface area contributed by atoms with E-state index in [1.165, 1.54) is 19.3 Å². The number of aliphatic imine (C=N–C) groups is 1. The van der Waals surface area contributed by atoms with Gasteiger partial charge in [-0.3, -0.25) is 9.79 Å². The Hall–Kier alpha value is -1.71. The summed E-state index contributed by atoms with van der Waals surface area (Å²) < 4.78 is 10.9. The minimum atomic E-state index is 0. The van der Waals surface area contributed by atoms with Crippen molar-refractivity contribution in [1.29, 1.82) is 0 Å². The lowest BCUT2D eigenvalue weighted by Crippen LogP contribution is -2.36. The van der Waals surface area contributed by atoms with E-state index in [-0.39, 0.29) is 29.9 Å². The van der Waals surface area contributed by atoms with Gasteiger partial charge in [-0.2, -0.15) is 0 Å². The van der Waals surface area contributed by atoms with Gasteiger partial charge in [-0.25, -0.2) is 0 Å². The van der Waals surface area contributed by atoms with E-state index in [1.807, 2.05) is 32.0 Å². The van der Waals surface area contributed by atoms with E-state index in [9.17, 15) is 4.79 Å². The first-order valence-electron chi connectivity index (χ1n) is 10.3. The Morgan fingerprint density at radius 2 is 1.93 bits per heavy atom. The average molecular weight is 518 g/mol. The molecule has 1 aromatic carbocycles. The molecular formula is C21H35IN4O3. The zero-order valence-electron chi connectivity index (χ0n) is 17.8. The van der Waals surface area contributed by atoms with Crippen molar-refractivity contribution in [2.45, 2.75) is 58.4 Å². The van der Waals surface area contributed by atoms with Gasteiger partial charge < -0.3 is 25.4 Å². The first-order chi connectivity index (χ1) is 13.7. The number of hydrogen-bond donors (Lipinski definition) is 3. The van der Waals surface area contributed by atoms with Gasteiger partial charge in [-0.1, -0.05) is 19.3 Å². The monoisotopic (exact) mass is 518 g/mol. The summed E-state index contributed by atoms with van der Waals surface area (Å²) in [6.07, 6.45) is 6.29. The van der Waals surface area contributed by atoms with Crippen molar-refractivity contribution in [2.24, 2.45) is 4.99 Å². The van der Waals surface area contributed by atoms with Crippen molar-refractivity contribution in [3.63, 3.8) is 0 Å². The second-order valence-corrected chi connectivity index (χ2v) is 6.84. The maximum absolute atomic E-state index is 12.1. The highest BCUT2D eigenvalue weighted by atomic mass is 127. The molecule has 1 aliphatic carbocycles. The first kappa shape index (κ1) is 25.3. The van der Waals surface area contributed by atoms with E-state index in [0.717, 1.165) is 25.1 Å². The van der Waals surface area contributed by atoms with Crippen LogP contribution in [0.2, 0.25) is 0 Å². The first-order valence-corrected chi connectivity index (χ1v) is 10.3. The Morgan fingerprint density at radius 3 is 2.59 bits per heavy atom. The molecule has 0 heterocycles. The maximum atomic E-state index is 12.1. The molecule has 3 N–H and O–H groups in total. The lowest BCUT2D eigenvalue weighted by atomic mass is 9.95. The molecule has 0 aromatic heterocycles. The SMILES string of the molecule is CCNC(=NCCC(=O)NC1CCCCC1)Nc1ccc(OC)c(OCC)c1.I. The smallest absolute Gasteiger partial charge is 0.222 e. The molecule has 1 fully saturated rings. The number of carbonyl (C=O) groups is 1. The molecule has 0 aliphatic heterocycles. The fourth-order valence-corrected chi connectivity index (χ4v) is 3.28. The summed E-state index contributed by atoms with van der Waals surface area (Å²) in [4.78, 5) is 16.7. The summed E-state index contributed by atoms with van der Waals surface area (Å²) in [5, 5.41) is 9.59. The number of guanidine groups is 1. The molecule has 0 spiro atoms. The largest absolute Gasteiger partial charge is 0.493 e. The van der Waals surface area contributed by atoms with Crippen LogP contribution in [0, 0.1) is 0 Å². The highest BCUT2D eigenvalue weighted by Crippen LogP contribution is 2.30. The average Bonchev–Trinajstić information content (AvgIpc) is 2.69. The molecular weight excluding hydrogens is 483 g/mol. The molecule has 164 valence electrons. The van der Waals surface area contributed by atoms with E-state index in [0.29, 0.717) is 43.1 Å². The highest BCUT2D eigenvalue weighted by Gasteiger charge is 2.15. The number of anilines is 1. The molecule has 1 saturated carbocycles. The van der Waals surface area contributed by atoms with Crippen molar-refractivity contribution in [2.75, 3.05) is 32.1 Å². The Kier molecular flexibility index (Phi) is 12.5. The predicted octanol–water partition coefficient (Wildman–Crippen LogP) is 3.93. The number of amides is 1. The van der Waals surface area contributed by atoms with Crippen LogP contribution in [0.3, 0.4) is 0 Å². The van der Waals surface area contributed by atoms with Crippen LogP contribution in [-0.4, -0.2) is 44.7 Å². The van der Waals surface area contributed by atoms with Crippen molar-refractivity contribution in [3.8, 4) is 11.5 Å². The van der Waals surface area contributed by atoms with E-state index in [1.54, 1.807) is 7.11 Å². The van der Waals surface area contributed by atoms with Crippen LogP contribution in [0.25, 0.3) is 0 Å². The fourth-order valence-electron chi connectivity index (χ4n) is 3.28. The topological polar surface area (TPSA) is 84.0 Å². The van der Waals surface area contributed by atoms with Gasteiger partial charge in [0.25, 0.3) is 0 Å². The maximum Gasteiger partial charge on any atom is 0.222 e. The molecule has 0 bridgehead atoms. The standard InChI is InChI=1S/C21H34N4O3.HI/c1-4-22-21(23-14-13-20(26)24-16-9-7-6-8-10-16)25-17-11-12-18(27-3)19(15-17)28-5-2;/h11-12,15-16H,4-10,13-14H2,1-3H3,(H,24,26)(H2,22,23,25);1H. The van der Waals surface area contributed by atoms with Crippen LogP contribution in [0.1, 0.15) is 52.4 Å². The normalized spacial score (nSPS) is 14.5. The van der Waals surface area contributed by atoms with Gasteiger partial charge in [-0.05, 0) is 38.8 Å². The van der Waals surface area contributed by atoms with Gasteiger partial charge in [0.05, 0.1) is 20.3 Å². The third-order valence-electron chi connectivity index (χ3n) is 4.65. The quantitative estimate of drug-likeness (QED) is 0.262. The van der Waals surface area contributed by atoms with Crippen molar-refractivity contribution >= 4 is 41.5 Å². The number of benzene rings is 1. The summed E-state index contributed by atoms with van der Waals surface area (Å²) in [5.74, 6) is 2.08. The number of ether oxygens (including phenoxy) is 2.